The number of ether oxygens (including phenoxy) is 4. The van der Waals surface area contributed by atoms with Gasteiger partial charge >= 0.3 is 17.9 Å². The molecule has 34 heavy (non-hydrogen) atoms. The molecule has 0 spiro atoms. The number of hydrogen-bond acceptors (Lipinski definition) is 8. The molecule has 0 aromatic rings. The molecule has 1 heterocycles. The van der Waals surface area contributed by atoms with Gasteiger partial charge in [-0.3, -0.25) is 14.4 Å². The van der Waals surface area contributed by atoms with Crippen molar-refractivity contribution in [2.75, 3.05) is 14.2 Å². The first-order valence-corrected chi connectivity index (χ1v) is 11.8. The molecule has 1 unspecified atom stereocenters. The van der Waals surface area contributed by atoms with E-state index in [4.69, 9.17) is 18.9 Å². The van der Waals surface area contributed by atoms with Gasteiger partial charge in [0.1, 0.15) is 17.5 Å². The summed E-state index contributed by atoms with van der Waals surface area (Å²) >= 11 is 0. The Balaban J connectivity index is 2.65. The molecule has 8 heteroatoms. The van der Waals surface area contributed by atoms with Gasteiger partial charge in [0.15, 0.2) is 0 Å². The van der Waals surface area contributed by atoms with E-state index in [9.17, 15) is 19.2 Å². The van der Waals surface area contributed by atoms with Crippen molar-refractivity contribution in [2.24, 2.45) is 23.7 Å². The Morgan fingerprint density at radius 2 is 1.88 bits per heavy atom. The Hall–Kier alpha value is -2.64. The maximum absolute atomic E-state index is 13.5. The van der Waals surface area contributed by atoms with Gasteiger partial charge in [-0.2, -0.15) is 0 Å². The number of Topliss-reactive ketones (excluding diaryl/α,β-unsaturated/α-hetero) is 1. The smallest absolute Gasteiger partial charge is 0.374 e. The Labute approximate surface area is 202 Å². The maximum Gasteiger partial charge on any atom is 0.374 e. The number of fused-ring (bicyclic) bond motifs is 1. The lowest BCUT2D eigenvalue weighted by Gasteiger charge is -2.43. The molecule has 0 saturated heterocycles. The molecule has 0 saturated carbocycles. The molecule has 5 atom stereocenters. The highest BCUT2D eigenvalue weighted by atomic mass is 16.6. The maximum atomic E-state index is 13.5. The number of ketones is 1. The van der Waals surface area contributed by atoms with Crippen molar-refractivity contribution in [3.8, 4) is 0 Å². The summed E-state index contributed by atoms with van der Waals surface area (Å²) in [5.74, 6) is -3.03. The van der Waals surface area contributed by atoms with E-state index in [2.05, 4.69) is 0 Å². The molecule has 2 rings (SSSR count). The van der Waals surface area contributed by atoms with E-state index >= 15 is 0 Å². The number of esters is 3. The fourth-order valence-electron chi connectivity index (χ4n) is 5.12. The molecular formula is C26H38O8. The van der Waals surface area contributed by atoms with E-state index in [1.54, 1.807) is 13.8 Å². The molecule has 0 bridgehead atoms. The zero-order chi connectivity index (χ0) is 25.8. The summed E-state index contributed by atoms with van der Waals surface area (Å²) in [6.07, 6.45) is 2.22. The molecule has 0 fully saturated rings. The highest BCUT2D eigenvalue weighted by Crippen LogP contribution is 2.45. The van der Waals surface area contributed by atoms with Gasteiger partial charge in [-0.25, -0.2) is 4.79 Å². The summed E-state index contributed by atoms with van der Waals surface area (Å²) in [4.78, 5) is 50.4. The fraction of sp³-hybridized carbons (Fsp3) is 0.692. The second kappa shape index (κ2) is 11.2. The molecule has 8 nitrogen and oxygen atoms in total. The number of rotatable bonds is 5. The van der Waals surface area contributed by atoms with Crippen LogP contribution in [0.4, 0.5) is 0 Å². The van der Waals surface area contributed by atoms with Crippen molar-refractivity contribution in [1.29, 1.82) is 0 Å². The second-order valence-corrected chi connectivity index (χ2v) is 9.84. The summed E-state index contributed by atoms with van der Waals surface area (Å²) in [6, 6.07) is 0. The van der Waals surface area contributed by atoms with Crippen molar-refractivity contribution >= 4 is 23.7 Å². The number of carbonyl (C=O) groups is 4. The van der Waals surface area contributed by atoms with Crippen molar-refractivity contribution in [3.05, 3.63) is 23.0 Å². The minimum absolute atomic E-state index is 0.0290. The summed E-state index contributed by atoms with van der Waals surface area (Å²) in [5, 5.41) is 0. The first-order valence-electron chi connectivity index (χ1n) is 11.8. The van der Waals surface area contributed by atoms with Crippen LogP contribution in [0.15, 0.2) is 23.0 Å². The molecule has 0 radical (unpaired) electrons. The Morgan fingerprint density at radius 3 is 2.41 bits per heavy atom. The van der Waals surface area contributed by atoms with Gasteiger partial charge in [-0.15, -0.1) is 0 Å². The number of carbonyl (C=O) groups excluding carboxylic acids is 4. The van der Waals surface area contributed by atoms with E-state index in [-0.39, 0.29) is 29.8 Å². The minimum atomic E-state index is -0.893. The van der Waals surface area contributed by atoms with Crippen LogP contribution in [-0.4, -0.2) is 49.6 Å². The van der Waals surface area contributed by atoms with Gasteiger partial charge in [-0.05, 0) is 50.2 Å². The SMILES string of the molecule is COC(=O)CC1C(=O)[C@H](C)CC[C@@]2(C)OC(=O)C(OC)=C(C(C)C)[C@@H]2C/C=C(\C)[C@H]1OC(C)=O. The summed E-state index contributed by atoms with van der Waals surface area (Å²) in [5.41, 5.74) is 0.690. The second-order valence-electron chi connectivity index (χ2n) is 9.84. The Kier molecular flexibility index (Phi) is 9.08. The first-order chi connectivity index (χ1) is 15.9. The largest absolute Gasteiger partial charge is 0.490 e. The van der Waals surface area contributed by atoms with Crippen molar-refractivity contribution < 1.29 is 38.1 Å². The zero-order valence-corrected chi connectivity index (χ0v) is 21.6. The number of methoxy groups -OCH3 is 2. The van der Waals surface area contributed by atoms with Crippen LogP contribution < -0.4 is 0 Å². The first kappa shape index (κ1) is 27.6. The molecule has 0 N–H and O–H groups in total. The monoisotopic (exact) mass is 478 g/mol. The highest BCUT2D eigenvalue weighted by Gasteiger charge is 2.48. The van der Waals surface area contributed by atoms with Gasteiger partial charge in [-0.1, -0.05) is 26.8 Å². The van der Waals surface area contributed by atoms with Crippen molar-refractivity contribution in [2.45, 2.75) is 78.9 Å². The van der Waals surface area contributed by atoms with E-state index in [0.29, 0.717) is 24.8 Å². The van der Waals surface area contributed by atoms with Crippen LogP contribution in [0.5, 0.6) is 0 Å². The Morgan fingerprint density at radius 1 is 1.24 bits per heavy atom. The highest BCUT2D eigenvalue weighted by molar-refractivity contribution is 5.89. The molecule has 190 valence electrons. The van der Waals surface area contributed by atoms with E-state index in [1.165, 1.54) is 21.1 Å². The van der Waals surface area contributed by atoms with Gasteiger partial charge < -0.3 is 18.9 Å². The van der Waals surface area contributed by atoms with E-state index in [0.717, 1.165) is 5.57 Å². The van der Waals surface area contributed by atoms with Crippen molar-refractivity contribution in [1.82, 2.24) is 0 Å². The molecule has 0 amide bonds. The lowest BCUT2D eigenvalue weighted by Crippen LogP contribution is -2.47. The quantitative estimate of drug-likeness (QED) is 0.333. The third kappa shape index (κ3) is 5.88. The third-order valence-electron chi connectivity index (χ3n) is 7.03. The van der Waals surface area contributed by atoms with Crippen LogP contribution in [0, 0.1) is 23.7 Å². The molecule has 0 aromatic carbocycles. The number of hydrogen-bond donors (Lipinski definition) is 0. The fourth-order valence-corrected chi connectivity index (χ4v) is 5.12. The molecule has 1 aliphatic heterocycles. The normalized spacial score (nSPS) is 32.1. The lowest BCUT2D eigenvalue weighted by molar-refractivity contribution is -0.167. The van der Waals surface area contributed by atoms with Crippen LogP contribution in [0.3, 0.4) is 0 Å². The topological polar surface area (TPSA) is 105 Å². The number of allylic oxidation sites excluding steroid dienone is 1. The Bertz CT molecular complexity index is 883. The van der Waals surface area contributed by atoms with Gasteiger partial charge in [0, 0.05) is 18.8 Å². The van der Waals surface area contributed by atoms with Gasteiger partial charge in [0.25, 0.3) is 0 Å². The van der Waals surface area contributed by atoms with Gasteiger partial charge in [0.2, 0.25) is 5.76 Å². The van der Waals surface area contributed by atoms with Gasteiger partial charge in [0.05, 0.1) is 26.6 Å². The summed E-state index contributed by atoms with van der Waals surface area (Å²) in [7, 11) is 2.72. The van der Waals surface area contributed by atoms with Crippen LogP contribution >= 0.6 is 0 Å². The lowest BCUT2D eigenvalue weighted by atomic mass is 9.71. The van der Waals surface area contributed by atoms with Crippen LogP contribution in [0.25, 0.3) is 0 Å². The average molecular weight is 479 g/mol. The summed E-state index contributed by atoms with van der Waals surface area (Å²) in [6.45, 7) is 10.8. The minimum Gasteiger partial charge on any atom is -0.490 e. The molecule has 1 aliphatic carbocycles. The average Bonchev–Trinajstić information content (AvgIpc) is 2.77. The standard InChI is InChI=1S/C26H38O8/c1-14(2)21-19-10-9-16(4)23(33-17(5)27)18(13-20(28)31-7)22(29)15(3)11-12-26(19,6)34-25(30)24(21)32-8/h9,14-15,18-19,23H,10-13H2,1-8H3/b16-9+/t15-,18?,19+,23-,26-/m1/s1. The van der Waals surface area contributed by atoms with Crippen LogP contribution in [0.2, 0.25) is 0 Å². The van der Waals surface area contributed by atoms with E-state index < -0.39 is 41.4 Å². The van der Waals surface area contributed by atoms with Crippen LogP contribution in [0.1, 0.15) is 67.2 Å². The van der Waals surface area contributed by atoms with E-state index in [1.807, 2.05) is 26.8 Å². The van der Waals surface area contributed by atoms with Crippen LogP contribution in [-0.2, 0) is 38.1 Å². The van der Waals surface area contributed by atoms with Crippen molar-refractivity contribution in [3.63, 3.8) is 0 Å². The zero-order valence-electron chi connectivity index (χ0n) is 21.6. The molecule has 2 aliphatic rings. The predicted octanol–water partition coefficient (Wildman–Crippen LogP) is 3.92. The molecule has 0 aromatic heterocycles. The predicted molar refractivity (Wildman–Crippen MR) is 124 cm³/mol. The summed E-state index contributed by atoms with van der Waals surface area (Å²) < 4.78 is 21.8. The third-order valence-corrected chi connectivity index (χ3v) is 7.03. The molecular weight excluding hydrogens is 440 g/mol.